The second kappa shape index (κ2) is 10.2. The molecule has 0 fully saturated rings. The number of ether oxygens (including phenoxy) is 1. The molecule has 0 radical (unpaired) electrons. The number of halogens is 4. The number of benzene rings is 3. The lowest BCUT2D eigenvalue weighted by atomic mass is 9.80. The zero-order valence-electron chi connectivity index (χ0n) is 21.8. The Morgan fingerprint density at radius 1 is 1.02 bits per heavy atom. The molecule has 3 aromatic carbocycles. The van der Waals surface area contributed by atoms with Crippen LogP contribution in [0.25, 0.3) is 22.3 Å². The van der Waals surface area contributed by atoms with Crippen molar-refractivity contribution >= 4 is 16.9 Å². The van der Waals surface area contributed by atoms with Crippen LogP contribution in [0.15, 0.2) is 54.9 Å². The van der Waals surface area contributed by atoms with Gasteiger partial charge in [-0.2, -0.15) is 4.39 Å². The third kappa shape index (κ3) is 4.70. The van der Waals surface area contributed by atoms with Crippen molar-refractivity contribution in [3.63, 3.8) is 0 Å². The van der Waals surface area contributed by atoms with Gasteiger partial charge in [0.25, 0.3) is 0 Å². The van der Waals surface area contributed by atoms with E-state index >= 15 is 4.39 Å². The number of nitrogens with zero attached hydrogens (tertiary/aromatic N) is 1. The van der Waals surface area contributed by atoms with Crippen LogP contribution in [0, 0.1) is 30.2 Å². The quantitative estimate of drug-likeness (QED) is 0.174. The molecule has 0 saturated heterocycles. The van der Waals surface area contributed by atoms with E-state index < -0.39 is 34.7 Å². The second-order valence-electron chi connectivity index (χ2n) is 10.0. The third-order valence-corrected chi connectivity index (χ3v) is 7.09. The van der Waals surface area contributed by atoms with Crippen molar-refractivity contribution in [2.24, 2.45) is 0 Å². The first-order valence-corrected chi connectivity index (χ1v) is 12.5. The Balaban J connectivity index is 1.47. The van der Waals surface area contributed by atoms with Gasteiger partial charge >= 0.3 is 5.97 Å². The number of aryl methyl sites for hydroxylation is 2. The number of hydrogen-bond donors (Lipinski definition) is 3. The molecule has 2 heterocycles. The number of carboxylic acids is 1. The first kappa shape index (κ1) is 27.0. The summed E-state index contributed by atoms with van der Waals surface area (Å²) in [5.41, 5.74) is 0.427. The van der Waals surface area contributed by atoms with Crippen LogP contribution in [-0.2, 0) is 16.6 Å². The molecule has 0 amide bonds. The monoisotopic (exact) mass is 551 g/mol. The van der Waals surface area contributed by atoms with E-state index in [9.17, 15) is 18.0 Å². The molecule has 5 rings (SSSR count). The van der Waals surface area contributed by atoms with Crippen LogP contribution in [0.3, 0.4) is 0 Å². The lowest BCUT2D eigenvalue weighted by Crippen LogP contribution is -2.22. The Bertz CT molecular complexity index is 1760. The average molecular weight is 552 g/mol. The molecule has 2 aromatic heterocycles. The van der Waals surface area contributed by atoms with Gasteiger partial charge in [0.15, 0.2) is 11.6 Å². The van der Waals surface area contributed by atoms with Gasteiger partial charge < -0.3 is 19.8 Å². The summed E-state index contributed by atoms with van der Waals surface area (Å²) < 4.78 is 65.4. The number of fused-ring (bicyclic) bond motifs is 1. The van der Waals surface area contributed by atoms with E-state index in [0.29, 0.717) is 22.2 Å². The predicted octanol–water partition coefficient (Wildman–Crippen LogP) is 7.56. The molecule has 0 spiro atoms. The summed E-state index contributed by atoms with van der Waals surface area (Å²) in [5, 5.41) is 9.42. The molecule has 5 aromatic rings. The average Bonchev–Trinajstić information content (AvgIpc) is 3.61. The number of hydrogen-bond acceptors (Lipinski definition) is 3. The van der Waals surface area contributed by atoms with Crippen LogP contribution in [-0.4, -0.2) is 26.0 Å². The topological polar surface area (TPSA) is 91.0 Å². The van der Waals surface area contributed by atoms with E-state index in [0.717, 1.165) is 6.07 Å². The molecular weight excluding hydrogens is 526 g/mol. The highest BCUT2D eigenvalue weighted by Gasteiger charge is 2.30. The fraction of sp³-hybridized carbons (Fsp3) is 0.200. The molecule has 3 N–H and O–H groups in total. The van der Waals surface area contributed by atoms with Gasteiger partial charge in [-0.1, -0.05) is 18.2 Å². The fourth-order valence-corrected chi connectivity index (χ4v) is 4.76. The lowest BCUT2D eigenvalue weighted by Gasteiger charge is -2.24. The molecule has 206 valence electrons. The van der Waals surface area contributed by atoms with Gasteiger partial charge in [-0.3, -0.25) is 4.79 Å². The molecule has 0 atom stereocenters. The maximum Gasteiger partial charge on any atom is 0.303 e. The van der Waals surface area contributed by atoms with Crippen LogP contribution in [0.1, 0.15) is 42.7 Å². The number of carbonyl (C=O) groups is 1. The van der Waals surface area contributed by atoms with Crippen LogP contribution < -0.4 is 4.74 Å². The molecule has 0 aliphatic carbocycles. The van der Waals surface area contributed by atoms with Crippen molar-refractivity contribution < 1.29 is 32.2 Å². The Morgan fingerprint density at radius 2 is 1.80 bits per heavy atom. The number of nitrogens with one attached hydrogen (secondary N) is 2. The minimum Gasteiger partial charge on any atom is -0.481 e. The van der Waals surface area contributed by atoms with E-state index in [1.165, 1.54) is 24.5 Å². The molecule has 10 heteroatoms. The Labute approximate surface area is 226 Å². The number of aliphatic carboxylic acids is 1. The van der Waals surface area contributed by atoms with Gasteiger partial charge in [0.05, 0.1) is 16.8 Å². The zero-order valence-corrected chi connectivity index (χ0v) is 21.8. The van der Waals surface area contributed by atoms with Crippen LogP contribution in [0.4, 0.5) is 17.6 Å². The SMILES string of the molecule is Cc1c(Oc2ccc(F)c(-c3nc(C(C)(C)c4cccc(CCC(=O)O)c4F)c[nH]3)c2)c(F)c(F)c2[nH]ccc12. The van der Waals surface area contributed by atoms with Crippen molar-refractivity contribution in [2.45, 2.75) is 39.0 Å². The number of imidazole rings is 1. The number of rotatable bonds is 8. The zero-order chi connectivity index (χ0) is 28.8. The predicted molar refractivity (Wildman–Crippen MR) is 141 cm³/mol. The van der Waals surface area contributed by atoms with Crippen LogP contribution >= 0.6 is 0 Å². The molecule has 0 bridgehead atoms. The summed E-state index contributed by atoms with van der Waals surface area (Å²) >= 11 is 0. The second-order valence-corrected chi connectivity index (χ2v) is 10.0. The number of H-pyrrole nitrogens is 2. The highest BCUT2D eigenvalue weighted by molar-refractivity contribution is 5.86. The van der Waals surface area contributed by atoms with Crippen LogP contribution in [0.2, 0.25) is 0 Å². The van der Waals surface area contributed by atoms with E-state index in [-0.39, 0.29) is 46.8 Å². The lowest BCUT2D eigenvalue weighted by molar-refractivity contribution is -0.136. The molecule has 6 nitrogen and oxygen atoms in total. The highest BCUT2D eigenvalue weighted by Crippen LogP contribution is 2.38. The standard InChI is InChI=1S/C30H25F4N3O3/c1-15-18-11-12-35-27(18)25(33)26(34)28(15)40-17-8-9-21(31)19(13-17)29-36-14-22(37-29)30(2,3)20-6-4-5-16(24(20)32)7-10-23(38)39/h4-6,8-9,11-14,35H,7,10H2,1-3H3,(H,36,37)(H,38,39). The first-order chi connectivity index (χ1) is 19.0. The van der Waals surface area contributed by atoms with Crippen molar-refractivity contribution in [1.82, 2.24) is 15.0 Å². The van der Waals surface area contributed by atoms with E-state index in [1.807, 2.05) is 0 Å². The molecule has 0 unspecified atom stereocenters. The summed E-state index contributed by atoms with van der Waals surface area (Å²) in [4.78, 5) is 21.0. The number of aromatic nitrogens is 3. The van der Waals surface area contributed by atoms with E-state index in [2.05, 4.69) is 15.0 Å². The summed E-state index contributed by atoms with van der Waals surface area (Å²) in [6.45, 7) is 5.09. The molecule has 0 aliphatic heterocycles. The van der Waals surface area contributed by atoms with Gasteiger partial charge in [0.2, 0.25) is 5.82 Å². The van der Waals surface area contributed by atoms with Crippen molar-refractivity contribution in [1.29, 1.82) is 0 Å². The summed E-state index contributed by atoms with van der Waals surface area (Å²) in [5.74, 6) is -4.58. The van der Waals surface area contributed by atoms with Gasteiger partial charge in [0, 0.05) is 35.2 Å². The van der Waals surface area contributed by atoms with E-state index in [4.69, 9.17) is 9.84 Å². The Kier molecular flexibility index (Phi) is 6.87. The summed E-state index contributed by atoms with van der Waals surface area (Å²) in [7, 11) is 0. The number of aromatic amines is 2. The van der Waals surface area contributed by atoms with Gasteiger partial charge in [0.1, 0.15) is 23.2 Å². The smallest absolute Gasteiger partial charge is 0.303 e. The third-order valence-electron chi connectivity index (χ3n) is 7.09. The van der Waals surface area contributed by atoms with Crippen LogP contribution in [0.5, 0.6) is 11.5 Å². The molecular formula is C30H25F4N3O3. The normalized spacial score (nSPS) is 11.8. The minimum atomic E-state index is -1.17. The summed E-state index contributed by atoms with van der Waals surface area (Å²) in [6, 6.07) is 10.1. The molecule has 0 saturated carbocycles. The maximum absolute atomic E-state index is 15.4. The van der Waals surface area contributed by atoms with Gasteiger partial charge in [-0.25, -0.2) is 18.2 Å². The number of carboxylic acid groups (broad SMARTS) is 1. The van der Waals surface area contributed by atoms with Gasteiger partial charge in [-0.05, 0) is 62.6 Å². The molecule has 0 aliphatic rings. The minimum absolute atomic E-state index is 0.0106. The molecule has 40 heavy (non-hydrogen) atoms. The summed E-state index contributed by atoms with van der Waals surface area (Å²) in [6.07, 6.45) is 2.86. The first-order valence-electron chi connectivity index (χ1n) is 12.5. The van der Waals surface area contributed by atoms with Crippen molar-refractivity contribution in [3.8, 4) is 22.9 Å². The van der Waals surface area contributed by atoms with Crippen molar-refractivity contribution in [2.75, 3.05) is 0 Å². The van der Waals surface area contributed by atoms with Crippen molar-refractivity contribution in [3.05, 3.63) is 101 Å². The maximum atomic E-state index is 15.4. The largest absolute Gasteiger partial charge is 0.481 e. The fourth-order valence-electron chi connectivity index (χ4n) is 4.76. The Hall–Kier alpha value is -4.60. The Morgan fingerprint density at radius 3 is 2.55 bits per heavy atom. The van der Waals surface area contributed by atoms with Gasteiger partial charge in [-0.15, -0.1) is 0 Å². The highest BCUT2D eigenvalue weighted by atomic mass is 19.2. The van der Waals surface area contributed by atoms with E-state index in [1.54, 1.807) is 45.0 Å².